The maximum atomic E-state index is 13.8. The third kappa shape index (κ3) is 3.40. The van der Waals surface area contributed by atoms with Crippen LogP contribution < -0.4 is 10.6 Å². The first-order chi connectivity index (χ1) is 7.97. The minimum absolute atomic E-state index is 0.0978. The van der Waals surface area contributed by atoms with Crippen molar-refractivity contribution in [3.8, 4) is 0 Å². The summed E-state index contributed by atoms with van der Waals surface area (Å²) in [5.41, 5.74) is 6.62. The molecule has 0 bridgehead atoms. The zero-order valence-electron chi connectivity index (χ0n) is 10.5. The Balaban J connectivity index is 3.06. The van der Waals surface area contributed by atoms with E-state index in [0.717, 1.165) is 18.7 Å². The molecule has 0 radical (unpaired) electrons. The quantitative estimate of drug-likeness (QED) is 0.819. The zero-order chi connectivity index (χ0) is 13.0. The molecule has 0 amide bonds. The summed E-state index contributed by atoms with van der Waals surface area (Å²) >= 11 is 4.79. The lowest BCUT2D eigenvalue weighted by Crippen LogP contribution is -2.31. The number of halogens is 1. The third-order valence-electron chi connectivity index (χ3n) is 2.64. The van der Waals surface area contributed by atoms with E-state index in [1.165, 1.54) is 6.07 Å². The van der Waals surface area contributed by atoms with Crippen LogP contribution in [0.15, 0.2) is 18.2 Å². The first-order valence-electron chi connectivity index (χ1n) is 5.83. The van der Waals surface area contributed by atoms with Gasteiger partial charge in [0.2, 0.25) is 0 Å². The highest BCUT2D eigenvalue weighted by Gasteiger charge is 2.12. The molecule has 4 heteroatoms. The molecule has 2 N–H and O–H groups in total. The van der Waals surface area contributed by atoms with Crippen LogP contribution in [0.4, 0.5) is 10.1 Å². The van der Waals surface area contributed by atoms with Crippen LogP contribution >= 0.6 is 12.2 Å². The van der Waals surface area contributed by atoms with Crippen molar-refractivity contribution in [3.63, 3.8) is 0 Å². The average Bonchev–Trinajstić information content (AvgIpc) is 2.24. The smallest absolute Gasteiger partial charge is 0.135 e. The van der Waals surface area contributed by atoms with Crippen molar-refractivity contribution < 1.29 is 4.39 Å². The molecule has 1 aromatic carbocycles. The molecule has 0 aliphatic carbocycles. The fourth-order valence-electron chi connectivity index (χ4n) is 1.81. The number of hydrogen-bond donors (Lipinski definition) is 1. The van der Waals surface area contributed by atoms with E-state index in [0.29, 0.717) is 11.6 Å². The van der Waals surface area contributed by atoms with Gasteiger partial charge in [0.25, 0.3) is 0 Å². The third-order valence-corrected chi connectivity index (χ3v) is 2.86. The van der Waals surface area contributed by atoms with Crippen LogP contribution in [0.3, 0.4) is 0 Å². The minimum atomic E-state index is -0.350. The van der Waals surface area contributed by atoms with E-state index in [1.807, 2.05) is 6.07 Å². The molecule has 0 atom stereocenters. The number of hydrogen-bond acceptors (Lipinski definition) is 2. The molecule has 1 rings (SSSR count). The molecule has 0 aromatic heterocycles. The standard InChI is InChI=1S/C13H19FN2S/c1-4-7-16(9(2)3)10-5-6-11(13(15)17)12(14)8-10/h5-6,8-9H,4,7H2,1-3H3,(H2,15,17). The molecule has 2 nitrogen and oxygen atoms in total. The molecule has 0 aliphatic heterocycles. The topological polar surface area (TPSA) is 29.3 Å². The van der Waals surface area contributed by atoms with Gasteiger partial charge < -0.3 is 10.6 Å². The largest absolute Gasteiger partial charge is 0.389 e. The fraction of sp³-hybridized carbons (Fsp3) is 0.462. The van der Waals surface area contributed by atoms with E-state index in [1.54, 1.807) is 6.07 Å². The van der Waals surface area contributed by atoms with E-state index in [-0.39, 0.29) is 10.8 Å². The highest BCUT2D eigenvalue weighted by molar-refractivity contribution is 7.80. The van der Waals surface area contributed by atoms with Crippen LogP contribution in [-0.2, 0) is 0 Å². The van der Waals surface area contributed by atoms with Crippen LogP contribution in [0.2, 0.25) is 0 Å². The van der Waals surface area contributed by atoms with Gasteiger partial charge in [0.05, 0.1) is 0 Å². The maximum absolute atomic E-state index is 13.8. The molecular formula is C13H19FN2S. The maximum Gasteiger partial charge on any atom is 0.135 e. The summed E-state index contributed by atoms with van der Waals surface area (Å²) in [6.07, 6.45) is 1.02. The average molecular weight is 254 g/mol. The second-order valence-corrected chi connectivity index (χ2v) is 4.76. The molecule has 0 saturated carbocycles. The van der Waals surface area contributed by atoms with Gasteiger partial charge in [-0.2, -0.15) is 0 Å². The molecule has 0 unspecified atom stereocenters. The number of thiocarbonyl (C=S) groups is 1. The molecule has 0 aliphatic rings. The zero-order valence-corrected chi connectivity index (χ0v) is 11.4. The Bertz CT molecular complexity index is 404. The van der Waals surface area contributed by atoms with Crippen molar-refractivity contribution in [2.75, 3.05) is 11.4 Å². The summed E-state index contributed by atoms with van der Waals surface area (Å²) in [7, 11) is 0. The summed E-state index contributed by atoms with van der Waals surface area (Å²) in [6, 6.07) is 5.36. The summed E-state index contributed by atoms with van der Waals surface area (Å²) in [5, 5.41) is 0. The molecule has 94 valence electrons. The van der Waals surface area contributed by atoms with Gasteiger partial charge in [-0.3, -0.25) is 0 Å². The second-order valence-electron chi connectivity index (χ2n) is 4.32. The Labute approximate surface area is 108 Å². The van der Waals surface area contributed by atoms with Crippen molar-refractivity contribution in [1.29, 1.82) is 0 Å². The first-order valence-corrected chi connectivity index (χ1v) is 6.24. The highest BCUT2D eigenvalue weighted by atomic mass is 32.1. The summed E-state index contributed by atoms with van der Waals surface area (Å²) < 4.78 is 13.8. The Morgan fingerprint density at radius 2 is 2.12 bits per heavy atom. The lowest BCUT2D eigenvalue weighted by Gasteiger charge is -2.28. The number of benzene rings is 1. The number of anilines is 1. The molecule has 1 aromatic rings. The predicted molar refractivity (Wildman–Crippen MR) is 75.1 cm³/mol. The van der Waals surface area contributed by atoms with Crippen molar-refractivity contribution in [2.45, 2.75) is 33.2 Å². The van der Waals surface area contributed by atoms with Crippen molar-refractivity contribution in [1.82, 2.24) is 0 Å². The Morgan fingerprint density at radius 3 is 2.53 bits per heavy atom. The van der Waals surface area contributed by atoms with Crippen LogP contribution in [-0.4, -0.2) is 17.6 Å². The van der Waals surface area contributed by atoms with Gasteiger partial charge in [-0.25, -0.2) is 4.39 Å². The fourth-order valence-corrected chi connectivity index (χ4v) is 1.97. The van der Waals surface area contributed by atoms with Gasteiger partial charge in [-0.1, -0.05) is 19.1 Å². The number of rotatable bonds is 5. The lowest BCUT2D eigenvalue weighted by atomic mass is 10.1. The summed E-state index contributed by atoms with van der Waals surface area (Å²) in [5.74, 6) is -0.350. The van der Waals surface area contributed by atoms with Crippen LogP contribution in [0, 0.1) is 5.82 Å². The van der Waals surface area contributed by atoms with Gasteiger partial charge in [0, 0.05) is 23.8 Å². The first kappa shape index (κ1) is 13.9. The van der Waals surface area contributed by atoms with Crippen LogP contribution in [0.5, 0.6) is 0 Å². The van der Waals surface area contributed by atoms with E-state index >= 15 is 0 Å². The summed E-state index contributed by atoms with van der Waals surface area (Å²) in [6.45, 7) is 7.20. The van der Waals surface area contributed by atoms with Gasteiger partial charge in [0.1, 0.15) is 10.8 Å². The van der Waals surface area contributed by atoms with E-state index < -0.39 is 0 Å². The van der Waals surface area contributed by atoms with Gasteiger partial charge >= 0.3 is 0 Å². The Kier molecular flexibility index (Phi) is 4.87. The van der Waals surface area contributed by atoms with Gasteiger partial charge in [0.15, 0.2) is 0 Å². The second kappa shape index (κ2) is 5.96. The van der Waals surface area contributed by atoms with Gasteiger partial charge in [-0.05, 0) is 38.5 Å². The highest BCUT2D eigenvalue weighted by Crippen LogP contribution is 2.21. The predicted octanol–water partition coefficient (Wildman–Crippen LogP) is 3.08. The molecule has 0 spiro atoms. The van der Waals surface area contributed by atoms with Crippen LogP contribution in [0.25, 0.3) is 0 Å². The number of nitrogens with two attached hydrogens (primary N) is 1. The normalized spacial score (nSPS) is 10.6. The monoisotopic (exact) mass is 254 g/mol. The Morgan fingerprint density at radius 1 is 1.47 bits per heavy atom. The van der Waals surface area contributed by atoms with E-state index in [4.69, 9.17) is 18.0 Å². The number of nitrogens with zero attached hydrogens (tertiary/aromatic N) is 1. The molecule has 0 heterocycles. The minimum Gasteiger partial charge on any atom is -0.389 e. The van der Waals surface area contributed by atoms with Crippen molar-refractivity contribution in [2.24, 2.45) is 5.73 Å². The van der Waals surface area contributed by atoms with Crippen molar-refractivity contribution in [3.05, 3.63) is 29.6 Å². The van der Waals surface area contributed by atoms with E-state index in [2.05, 4.69) is 25.7 Å². The lowest BCUT2D eigenvalue weighted by molar-refractivity contribution is 0.619. The molecule has 0 saturated heterocycles. The Hall–Kier alpha value is -1.16. The molecule has 17 heavy (non-hydrogen) atoms. The summed E-state index contributed by atoms with van der Waals surface area (Å²) in [4.78, 5) is 2.26. The SMILES string of the molecule is CCCN(c1ccc(C(N)=S)c(F)c1)C(C)C. The van der Waals surface area contributed by atoms with Gasteiger partial charge in [-0.15, -0.1) is 0 Å². The molecular weight excluding hydrogens is 235 g/mol. The van der Waals surface area contributed by atoms with E-state index in [9.17, 15) is 4.39 Å². The molecule has 0 fully saturated rings. The van der Waals surface area contributed by atoms with Crippen LogP contribution in [0.1, 0.15) is 32.8 Å². The van der Waals surface area contributed by atoms with Crippen molar-refractivity contribution >= 4 is 22.9 Å².